The van der Waals surface area contributed by atoms with E-state index in [1.165, 1.54) is 37.7 Å². The molecule has 0 radical (unpaired) electrons. The molecular weight excluding hydrogens is 196 g/mol. The van der Waals surface area contributed by atoms with Gasteiger partial charge < -0.3 is 4.74 Å². The minimum Gasteiger partial charge on any atom is -0.490 e. The molecule has 1 aliphatic rings. The third-order valence-electron chi connectivity index (χ3n) is 3.53. The fourth-order valence-corrected chi connectivity index (χ4v) is 2.38. The Hall–Kier alpha value is -0.980. The van der Waals surface area contributed by atoms with Crippen molar-refractivity contribution in [3.05, 3.63) is 29.8 Å². The molecule has 0 saturated heterocycles. The molecule has 0 spiro atoms. The van der Waals surface area contributed by atoms with Crippen LogP contribution in [-0.2, 0) is 0 Å². The van der Waals surface area contributed by atoms with Crippen LogP contribution in [0.25, 0.3) is 0 Å². The summed E-state index contributed by atoms with van der Waals surface area (Å²) in [7, 11) is 0. The van der Waals surface area contributed by atoms with Gasteiger partial charge in [0.05, 0.1) is 6.10 Å². The maximum Gasteiger partial charge on any atom is 0.119 e. The van der Waals surface area contributed by atoms with Gasteiger partial charge in [0.15, 0.2) is 0 Å². The van der Waals surface area contributed by atoms with Crippen molar-refractivity contribution in [2.45, 2.75) is 52.1 Å². The average Bonchev–Trinajstić information content (AvgIpc) is 2.47. The summed E-state index contributed by atoms with van der Waals surface area (Å²) >= 11 is 0. The van der Waals surface area contributed by atoms with E-state index in [0.717, 1.165) is 11.7 Å². The number of hydrogen-bond donors (Lipinski definition) is 0. The first-order chi connectivity index (χ1) is 7.74. The largest absolute Gasteiger partial charge is 0.490 e. The summed E-state index contributed by atoms with van der Waals surface area (Å²) in [5.74, 6) is 1.91. The van der Waals surface area contributed by atoms with Crippen LogP contribution in [0.5, 0.6) is 5.75 Å². The van der Waals surface area contributed by atoms with Gasteiger partial charge in [-0.2, -0.15) is 0 Å². The molecule has 1 aromatic rings. The molecule has 0 bridgehead atoms. The van der Waals surface area contributed by atoms with E-state index in [9.17, 15) is 0 Å². The molecule has 2 rings (SSSR count). The zero-order valence-corrected chi connectivity index (χ0v) is 10.4. The molecule has 0 heterocycles. The fourth-order valence-electron chi connectivity index (χ4n) is 2.38. The molecule has 2 atom stereocenters. The van der Waals surface area contributed by atoms with Crippen molar-refractivity contribution >= 4 is 0 Å². The van der Waals surface area contributed by atoms with Crippen LogP contribution < -0.4 is 4.74 Å². The summed E-state index contributed by atoms with van der Waals surface area (Å²) in [5.41, 5.74) is 1.29. The molecule has 1 fully saturated rings. The molecule has 1 nitrogen and oxygen atoms in total. The predicted octanol–water partition coefficient (Wildman–Crippen LogP) is 4.34. The number of ether oxygens (including phenoxy) is 1. The predicted molar refractivity (Wildman–Crippen MR) is 67.8 cm³/mol. The van der Waals surface area contributed by atoms with Gasteiger partial charge in [0, 0.05) is 0 Å². The van der Waals surface area contributed by atoms with Crippen molar-refractivity contribution in [3.63, 3.8) is 0 Å². The van der Waals surface area contributed by atoms with Crippen molar-refractivity contribution in [1.29, 1.82) is 0 Å². The Morgan fingerprint density at radius 3 is 2.50 bits per heavy atom. The van der Waals surface area contributed by atoms with Gasteiger partial charge in [0.25, 0.3) is 0 Å². The second-order valence-electron chi connectivity index (χ2n) is 5.17. The van der Waals surface area contributed by atoms with E-state index in [-0.39, 0.29) is 0 Å². The standard InChI is InChI=1S/C15H22O/c1-12-4-3-5-14(9-6-12)16-15-10-7-13(2)8-11-15/h7-8,10-12,14H,3-6,9H2,1-2H3/t12-,14?/m0/s1. The lowest BCUT2D eigenvalue weighted by molar-refractivity contribution is 0.182. The van der Waals surface area contributed by atoms with Gasteiger partial charge in [0.1, 0.15) is 5.75 Å². The average molecular weight is 218 g/mol. The van der Waals surface area contributed by atoms with Crippen molar-refractivity contribution < 1.29 is 4.74 Å². The smallest absolute Gasteiger partial charge is 0.119 e. The van der Waals surface area contributed by atoms with Crippen molar-refractivity contribution in [2.75, 3.05) is 0 Å². The second kappa shape index (κ2) is 5.38. The molecule has 0 amide bonds. The van der Waals surface area contributed by atoms with Gasteiger partial charge in [-0.05, 0) is 50.7 Å². The highest BCUT2D eigenvalue weighted by Gasteiger charge is 2.17. The third kappa shape index (κ3) is 3.26. The Labute approximate surface area is 98.8 Å². The highest BCUT2D eigenvalue weighted by Crippen LogP contribution is 2.26. The molecule has 0 aliphatic heterocycles. The minimum absolute atomic E-state index is 0.438. The minimum atomic E-state index is 0.438. The van der Waals surface area contributed by atoms with E-state index < -0.39 is 0 Å². The first kappa shape index (κ1) is 11.5. The quantitative estimate of drug-likeness (QED) is 0.671. The van der Waals surface area contributed by atoms with Gasteiger partial charge in [-0.25, -0.2) is 0 Å². The normalized spacial score (nSPS) is 26.1. The lowest BCUT2D eigenvalue weighted by Crippen LogP contribution is -2.15. The Balaban J connectivity index is 1.91. The maximum absolute atomic E-state index is 6.04. The van der Waals surface area contributed by atoms with Gasteiger partial charge in [-0.1, -0.05) is 31.0 Å². The van der Waals surface area contributed by atoms with E-state index in [1.807, 2.05) is 0 Å². The summed E-state index contributed by atoms with van der Waals surface area (Å²) < 4.78 is 6.04. The van der Waals surface area contributed by atoms with E-state index in [2.05, 4.69) is 38.1 Å². The van der Waals surface area contributed by atoms with Crippen LogP contribution in [0.4, 0.5) is 0 Å². The zero-order valence-electron chi connectivity index (χ0n) is 10.4. The molecule has 1 heteroatoms. The Morgan fingerprint density at radius 2 is 1.75 bits per heavy atom. The SMILES string of the molecule is Cc1ccc(OC2CCC[C@H](C)CC2)cc1. The Morgan fingerprint density at radius 1 is 1.00 bits per heavy atom. The molecule has 0 N–H and O–H groups in total. The first-order valence-corrected chi connectivity index (χ1v) is 6.47. The zero-order chi connectivity index (χ0) is 11.4. The maximum atomic E-state index is 6.04. The van der Waals surface area contributed by atoms with Crippen LogP contribution >= 0.6 is 0 Å². The second-order valence-corrected chi connectivity index (χ2v) is 5.17. The monoisotopic (exact) mass is 218 g/mol. The van der Waals surface area contributed by atoms with Crippen molar-refractivity contribution in [1.82, 2.24) is 0 Å². The number of rotatable bonds is 2. The summed E-state index contributed by atoms with van der Waals surface area (Å²) in [6, 6.07) is 8.41. The molecule has 0 aromatic heterocycles. The molecule has 1 aromatic carbocycles. The Bertz CT molecular complexity index is 315. The molecular formula is C15H22O. The van der Waals surface area contributed by atoms with E-state index in [4.69, 9.17) is 4.74 Å². The van der Waals surface area contributed by atoms with Crippen LogP contribution in [0.15, 0.2) is 24.3 Å². The number of benzene rings is 1. The van der Waals surface area contributed by atoms with Gasteiger partial charge in [-0.15, -0.1) is 0 Å². The number of hydrogen-bond acceptors (Lipinski definition) is 1. The Kier molecular flexibility index (Phi) is 3.87. The molecule has 88 valence electrons. The number of aryl methyl sites for hydroxylation is 1. The summed E-state index contributed by atoms with van der Waals surface area (Å²) in [6.07, 6.45) is 6.88. The fraction of sp³-hybridized carbons (Fsp3) is 0.600. The summed E-state index contributed by atoms with van der Waals surface area (Å²) in [6.45, 7) is 4.46. The highest BCUT2D eigenvalue weighted by molar-refractivity contribution is 5.26. The third-order valence-corrected chi connectivity index (χ3v) is 3.53. The van der Waals surface area contributed by atoms with Crippen LogP contribution in [0.2, 0.25) is 0 Å². The molecule has 1 aliphatic carbocycles. The molecule has 1 unspecified atom stereocenters. The van der Waals surface area contributed by atoms with Gasteiger partial charge in [-0.3, -0.25) is 0 Å². The van der Waals surface area contributed by atoms with E-state index in [1.54, 1.807) is 0 Å². The van der Waals surface area contributed by atoms with E-state index >= 15 is 0 Å². The lowest BCUT2D eigenvalue weighted by Gasteiger charge is -2.17. The van der Waals surface area contributed by atoms with E-state index in [0.29, 0.717) is 6.10 Å². The van der Waals surface area contributed by atoms with Gasteiger partial charge >= 0.3 is 0 Å². The molecule has 16 heavy (non-hydrogen) atoms. The lowest BCUT2D eigenvalue weighted by atomic mass is 10.0. The molecule has 1 saturated carbocycles. The first-order valence-electron chi connectivity index (χ1n) is 6.47. The van der Waals surface area contributed by atoms with Crippen LogP contribution in [0.3, 0.4) is 0 Å². The van der Waals surface area contributed by atoms with Crippen molar-refractivity contribution in [3.8, 4) is 5.75 Å². The van der Waals surface area contributed by atoms with Crippen molar-refractivity contribution in [2.24, 2.45) is 5.92 Å². The van der Waals surface area contributed by atoms with Crippen LogP contribution in [0.1, 0.15) is 44.6 Å². The van der Waals surface area contributed by atoms with Gasteiger partial charge in [0.2, 0.25) is 0 Å². The van der Waals surface area contributed by atoms with Crippen LogP contribution in [0, 0.1) is 12.8 Å². The summed E-state index contributed by atoms with van der Waals surface area (Å²) in [4.78, 5) is 0. The topological polar surface area (TPSA) is 9.23 Å². The summed E-state index contributed by atoms with van der Waals surface area (Å²) in [5, 5.41) is 0. The van der Waals surface area contributed by atoms with Crippen LogP contribution in [-0.4, -0.2) is 6.10 Å². The highest BCUT2D eigenvalue weighted by atomic mass is 16.5.